The number of phenols is 1. The summed E-state index contributed by atoms with van der Waals surface area (Å²) in [6, 6.07) is 8.54. The monoisotopic (exact) mass is 480 g/mol. The van der Waals surface area contributed by atoms with Crippen LogP contribution in [0.1, 0.15) is 41.6 Å². The number of hydrogen-bond acceptors (Lipinski definition) is 6. The minimum Gasteiger partial charge on any atom is -0.507 e. The third-order valence-electron chi connectivity index (χ3n) is 5.12. The molecule has 8 nitrogen and oxygen atoms in total. The number of carbonyl (C=O) groups is 2. The number of phenolic OH excluding ortho intramolecular Hbond substituents is 1. The number of sulfonamides is 1. The van der Waals surface area contributed by atoms with Gasteiger partial charge in [0.05, 0.1) is 15.6 Å². The number of aryl methyl sites for hydroxylation is 1. The summed E-state index contributed by atoms with van der Waals surface area (Å²) in [5.74, 6) is -1.80. The third-order valence-corrected chi connectivity index (χ3v) is 7.35. The summed E-state index contributed by atoms with van der Waals surface area (Å²) in [7, 11) is -3.72. The van der Waals surface area contributed by atoms with Gasteiger partial charge in [-0.2, -0.15) is 4.31 Å². The second-order valence-corrected chi connectivity index (χ2v) is 9.95. The Labute approximate surface area is 192 Å². The normalized spacial score (nSPS) is 15.1. The number of anilines is 1. The van der Waals surface area contributed by atoms with Crippen molar-refractivity contribution in [2.24, 2.45) is 0 Å². The summed E-state index contributed by atoms with van der Waals surface area (Å²) < 4.78 is 32.4. The molecule has 0 atom stereocenters. The van der Waals surface area contributed by atoms with Crippen LogP contribution < -0.4 is 5.32 Å². The summed E-state index contributed by atoms with van der Waals surface area (Å²) in [6.07, 6.45) is 3.59. The molecule has 10 heteroatoms. The van der Waals surface area contributed by atoms with E-state index in [0.717, 1.165) is 31.2 Å². The minimum atomic E-state index is -3.72. The molecule has 1 aliphatic rings. The van der Waals surface area contributed by atoms with Crippen molar-refractivity contribution >= 4 is 39.2 Å². The summed E-state index contributed by atoms with van der Waals surface area (Å²) in [5, 5.41) is 12.5. The quantitative estimate of drug-likeness (QED) is 0.609. The Balaban J connectivity index is 1.67. The van der Waals surface area contributed by atoms with Crippen LogP contribution >= 0.6 is 11.6 Å². The maximum atomic E-state index is 13.0. The van der Waals surface area contributed by atoms with Gasteiger partial charge in [-0.05, 0) is 55.7 Å². The highest BCUT2D eigenvalue weighted by atomic mass is 35.5. The van der Waals surface area contributed by atoms with Crippen LogP contribution in [0, 0.1) is 6.92 Å². The van der Waals surface area contributed by atoms with Gasteiger partial charge in [-0.3, -0.25) is 4.79 Å². The number of halogens is 1. The van der Waals surface area contributed by atoms with Crippen LogP contribution in [0.3, 0.4) is 0 Å². The zero-order chi connectivity index (χ0) is 23.3. The number of ether oxygens (including phenoxy) is 1. The van der Waals surface area contributed by atoms with Gasteiger partial charge in [0.2, 0.25) is 10.0 Å². The second kappa shape index (κ2) is 10.3. The van der Waals surface area contributed by atoms with Crippen LogP contribution in [0.15, 0.2) is 41.3 Å². The van der Waals surface area contributed by atoms with E-state index in [-0.39, 0.29) is 26.9 Å². The number of carbonyl (C=O) groups excluding carboxylic acids is 2. The highest BCUT2D eigenvalue weighted by Crippen LogP contribution is 2.28. The molecule has 2 aromatic rings. The minimum absolute atomic E-state index is 0.0284. The van der Waals surface area contributed by atoms with Gasteiger partial charge in [-0.25, -0.2) is 13.2 Å². The van der Waals surface area contributed by atoms with Crippen molar-refractivity contribution in [1.82, 2.24) is 4.31 Å². The molecule has 2 N–H and O–H groups in total. The van der Waals surface area contributed by atoms with E-state index in [4.69, 9.17) is 16.3 Å². The molecule has 0 unspecified atom stereocenters. The topological polar surface area (TPSA) is 113 Å². The molecule has 1 saturated heterocycles. The lowest BCUT2D eigenvalue weighted by molar-refractivity contribution is -0.119. The smallest absolute Gasteiger partial charge is 0.342 e. The van der Waals surface area contributed by atoms with Crippen molar-refractivity contribution in [3.05, 3.63) is 52.5 Å². The molecule has 1 aliphatic heterocycles. The van der Waals surface area contributed by atoms with Gasteiger partial charge in [0, 0.05) is 13.1 Å². The molecule has 172 valence electrons. The van der Waals surface area contributed by atoms with Crippen molar-refractivity contribution in [1.29, 1.82) is 0 Å². The van der Waals surface area contributed by atoms with Gasteiger partial charge < -0.3 is 15.2 Å². The number of benzene rings is 2. The zero-order valence-electron chi connectivity index (χ0n) is 17.6. The fraction of sp³-hybridized carbons (Fsp3) is 0.364. The lowest BCUT2D eigenvalue weighted by Gasteiger charge is -2.20. The average molecular weight is 481 g/mol. The van der Waals surface area contributed by atoms with Crippen molar-refractivity contribution in [2.45, 2.75) is 37.5 Å². The van der Waals surface area contributed by atoms with Crippen LogP contribution in [-0.4, -0.2) is 49.4 Å². The number of aromatic hydroxyl groups is 1. The molecular weight excluding hydrogens is 456 g/mol. The summed E-state index contributed by atoms with van der Waals surface area (Å²) >= 11 is 6.13. The van der Waals surface area contributed by atoms with Crippen LogP contribution in [0.5, 0.6) is 5.75 Å². The van der Waals surface area contributed by atoms with E-state index in [0.29, 0.717) is 13.1 Å². The lowest BCUT2D eigenvalue weighted by Crippen LogP contribution is -2.32. The molecule has 3 rings (SSSR count). The molecule has 0 aromatic heterocycles. The van der Waals surface area contributed by atoms with E-state index in [1.54, 1.807) is 13.0 Å². The molecule has 1 fully saturated rings. The predicted molar refractivity (Wildman–Crippen MR) is 120 cm³/mol. The van der Waals surface area contributed by atoms with E-state index in [1.807, 2.05) is 0 Å². The highest BCUT2D eigenvalue weighted by molar-refractivity contribution is 7.89. The number of hydrogen-bond donors (Lipinski definition) is 2. The number of nitrogens with one attached hydrogen (secondary N) is 1. The molecule has 1 amide bonds. The SMILES string of the molecule is Cc1ccc(C(=O)OCC(=O)Nc2cc(S(=O)(=O)N3CCCCCC3)ccc2Cl)c(O)c1. The first kappa shape index (κ1) is 24.0. The molecular formula is C22H25ClN2O6S. The molecule has 0 bridgehead atoms. The van der Waals surface area contributed by atoms with E-state index in [9.17, 15) is 23.1 Å². The van der Waals surface area contributed by atoms with Gasteiger partial charge in [-0.15, -0.1) is 0 Å². The van der Waals surface area contributed by atoms with Crippen molar-refractivity contribution in [2.75, 3.05) is 25.0 Å². The second-order valence-electron chi connectivity index (χ2n) is 7.60. The van der Waals surface area contributed by atoms with Gasteiger partial charge >= 0.3 is 5.97 Å². The predicted octanol–water partition coefficient (Wildman–Crippen LogP) is 3.71. The van der Waals surface area contributed by atoms with Crippen LogP contribution in [0.2, 0.25) is 5.02 Å². The summed E-state index contributed by atoms with van der Waals surface area (Å²) in [6.45, 7) is 2.03. The van der Waals surface area contributed by atoms with Crippen molar-refractivity contribution < 1.29 is 27.9 Å². The first-order valence-corrected chi connectivity index (χ1v) is 12.1. The number of nitrogens with zero attached hydrogens (tertiary/aromatic N) is 1. The molecule has 0 spiro atoms. The fourth-order valence-electron chi connectivity index (χ4n) is 3.40. The molecule has 0 radical (unpaired) electrons. The Morgan fingerprint density at radius 1 is 1.09 bits per heavy atom. The Hall–Kier alpha value is -2.62. The van der Waals surface area contributed by atoms with Gasteiger partial charge in [0.15, 0.2) is 6.61 Å². The molecule has 32 heavy (non-hydrogen) atoms. The molecule has 0 saturated carbocycles. The standard InChI is InChI=1S/C22H25ClN2O6S/c1-15-6-8-17(20(26)12-15)22(28)31-14-21(27)24-19-13-16(7-9-18(19)23)32(29,30)25-10-4-2-3-5-11-25/h6-9,12-13,26H,2-5,10-11,14H2,1H3,(H,24,27). The van der Waals surface area contributed by atoms with Gasteiger partial charge in [0.1, 0.15) is 11.3 Å². The zero-order valence-corrected chi connectivity index (χ0v) is 19.2. The van der Waals surface area contributed by atoms with Crippen LogP contribution in [-0.2, 0) is 19.6 Å². The van der Waals surface area contributed by atoms with Crippen molar-refractivity contribution in [3.8, 4) is 5.75 Å². The number of amides is 1. The Morgan fingerprint density at radius 2 is 1.78 bits per heavy atom. The third kappa shape index (κ3) is 5.79. The van der Waals surface area contributed by atoms with Gasteiger partial charge in [-0.1, -0.05) is 30.5 Å². The Kier molecular flexibility index (Phi) is 7.76. The molecule has 2 aromatic carbocycles. The fourth-order valence-corrected chi connectivity index (χ4v) is 5.11. The number of rotatable bonds is 6. The lowest BCUT2D eigenvalue weighted by atomic mass is 10.1. The van der Waals surface area contributed by atoms with Crippen molar-refractivity contribution in [3.63, 3.8) is 0 Å². The molecule has 0 aliphatic carbocycles. The Bertz CT molecular complexity index is 1110. The maximum absolute atomic E-state index is 13.0. The van der Waals surface area contributed by atoms with Gasteiger partial charge in [0.25, 0.3) is 5.91 Å². The van der Waals surface area contributed by atoms with E-state index >= 15 is 0 Å². The van der Waals surface area contributed by atoms with E-state index in [1.165, 1.54) is 34.6 Å². The average Bonchev–Trinajstić information content (AvgIpc) is 3.04. The molecule has 1 heterocycles. The first-order chi connectivity index (χ1) is 15.2. The highest BCUT2D eigenvalue weighted by Gasteiger charge is 2.26. The first-order valence-electron chi connectivity index (χ1n) is 10.2. The summed E-state index contributed by atoms with van der Waals surface area (Å²) in [5.41, 5.74) is 0.801. The van der Waals surface area contributed by atoms with Crippen LogP contribution in [0.4, 0.5) is 5.69 Å². The maximum Gasteiger partial charge on any atom is 0.342 e. The van der Waals surface area contributed by atoms with Crippen LogP contribution in [0.25, 0.3) is 0 Å². The van der Waals surface area contributed by atoms with E-state index in [2.05, 4.69) is 5.32 Å². The van der Waals surface area contributed by atoms with E-state index < -0.39 is 28.5 Å². The Morgan fingerprint density at radius 3 is 2.44 bits per heavy atom. The number of esters is 1. The largest absolute Gasteiger partial charge is 0.507 e. The summed E-state index contributed by atoms with van der Waals surface area (Å²) in [4.78, 5) is 24.4.